The number of anilines is 1. The molecule has 0 unspecified atom stereocenters. The SMILES string of the molecule is COc1ccc(NCc2cc(OC)c(OC(C)C)cc2Cl)cc1Cl. The Balaban J connectivity index is 2.16. The average Bonchev–Trinajstić information content (AvgIpc) is 2.53. The van der Waals surface area contributed by atoms with Gasteiger partial charge in [-0.1, -0.05) is 23.2 Å². The number of hydrogen-bond donors (Lipinski definition) is 1. The third kappa shape index (κ3) is 4.62. The quantitative estimate of drug-likeness (QED) is 0.707. The number of ether oxygens (including phenoxy) is 3. The second-order valence-electron chi connectivity index (χ2n) is 5.46. The van der Waals surface area contributed by atoms with Gasteiger partial charge in [0.2, 0.25) is 0 Å². The Bertz CT molecular complexity index is 705. The maximum atomic E-state index is 6.37. The molecule has 6 heteroatoms. The van der Waals surface area contributed by atoms with Crippen LogP contribution in [0.25, 0.3) is 0 Å². The summed E-state index contributed by atoms with van der Waals surface area (Å²) in [6.45, 7) is 4.44. The number of rotatable bonds is 7. The predicted octanol–water partition coefficient (Wildman–Crippen LogP) is 5.41. The van der Waals surface area contributed by atoms with Crippen LogP contribution in [0.1, 0.15) is 19.4 Å². The summed E-state index contributed by atoms with van der Waals surface area (Å²) in [5.41, 5.74) is 1.77. The zero-order chi connectivity index (χ0) is 17.7. The number of halogens is 2. The number of benzene rings is 2. The van der Waals surface area contributed by atoms with Crippen LogP contribution in [0.2, 0.25) is 10.0 Å². The van der Waals surface area contributed by atoms with E-state index in [-0.39, 0.29) is 6.10 Å². The highest BCUT2D eigenvalue weighted by molar-refractivity contribution is 6.32. The van der Waals surface area contributed by atoms with Crippen LogP contribution >= 0.6 is 23.2 Å². The zero-order valence-electron chi connectivity index (χ0n) is 14.2. The Labute approximate surface area is 152 Å². The molecule has 0 aliphatic carbocycles. The van der Waals surface area contributed by atoms with Gasteiger partial charge in [-0.05, 0) is 43.7 Å². The number of methoxy groups -OCH3 is 2. The standard InChI is InChI=1S/C18H21Cl2NO3/c1-11(2)24-18-9-14(19)12(7-17(18)23-4)10-21-13-5-6-16(22-3)15(20)8-13/h5-9,11,21H,10H2,1-4H3. The van der Waals surface area contributed by atoms with E-state index in [1.54, 1.807) is 20.3 Å². The van der Waals surface area contributed by atoms with Crippen molar-refractivity contribution in [1.29, 1.82) is 0 Å². The van der Waals surface area contributed by atoms with Gasteiger partial charge in [0.1, 0.15) is 5.75 Å². The first kappa shape index (κ1) is 18.6. The Morgan fingerprint density at radius 1 is 0.917 bits per heavy atom. The lowest BCUT2D eigenvalue weighted by atomic mass is 10.2. The summed E-state index contributed by atoms with van der Waals surface area (Å²) in [5.74, 6) is 1.92. The summed E-state index contributed by atoms with van der Waals surface area (Å²) in [6, 6.07) is 9.16. The minimum atomic E-state index is 0.0420. The van der Waals surface area contributed by atoms with E-state index in [0.717, 1.165) is 11.3 Å². The monoisotopic (exact) mass is 369 g/mol. The fraction of sp³-hybridized carbons (Fsp3) is 0.333. The van der Waals surface area contributed by atoms with E-state index in [9.17, 15) is 0 Å². The van der Waals surface area contributed by atoms with E-state index < -0.39 is 0 Å². The van der Waals surface area contributed by atoms with Gasteiger partial charge in [-0.2, -0.15) is 0 Å². The molecule has 0 aromatic heterocycles. The third-order valence-corrected chi connectivity index (χ3v) is 3.98. The third-order valence-electron chi connectivity index (χ3n) is 3.33. The molecular formula is C18H21Cl2NO3. The van der Waals surface area contributed by atoms with Crippen molar-refractivity contribution in [2.75, 3.05) is 19.5 Å². The summed E-state index contributed by atoms with van der Waals surface area (Å²) in [4.78, 5) is 0. The highest BCUT2D eigenvalue weighted by atomic mass is 35.5. The molecule has 130 valence electrons. The summed E-state index contributed by atoms with van der Waals surface area (Å²) >= 11 is 12.5. The van der Waals surface area contributed by atoms with Gasteiger partial charge in [0.15, 0.2) is 11.5 Å². The van der Waals surface area contributed by atoms with Crippen molar-refractivity contribution in [1.82, 2.24) is 0 Å². The van der Waals surface area contributed by atoms with Gasteiger partial charge in [-0.15, -0.1) is 0 Å². The number of nitrogens with one attached hydrogen (secondary N) is 1. The van der Waals surface area contributed by atoms with Crippen molar-refractivity contribution in [3.05, 3.63) is 45.9 Å². The van der Waals surface area contributed by atoms with E-state index in [2.05, 4.69) is 5.32 Å². The molecule has 24 heavy (non-hydrogen) atoms. The van der Waals surface area contributed by atoms with Crippen molar-refractivity contribution in [3.63, 3.8) is 0 Å². The molecule has 0 bridgehead atoms. The van der Waals surface area contributed by atoms with E-state index in [1.807, 2.05) is 38.1 Å². The Hall–Kier alpha value is -1.78. The predicted molar refractivity (Wildman–Crippen MR) is 99.1 cm³/mol. The maximum Gasteiger partial charge on any atom is 0.163 e. The molecule has 0 aliphatic rings. The maximum absolute atomic E-state index is 6.37. The van der Waals surface area contributed by atoms with Crippen LogP contribution in [0.15, 0.2) is 30.3 Å². The van der Waals surface area contributed by atoms with Crippen LogP contribution in [0.3, 0.4) is 0 Å². The van der Waals surface area contributed by atoms with Gasteiger partial charge in [0, 0.05) is 23.3 Å². The van der Waals surface area contributed by atoms with Crippen molar-refractivity contribution in [3.8, 4) is 17.2 Å². The first-order chi connectivity index (χ1) is 11.4. The van der Waals surface area contributed by atoms with Gasteiger partial charge in [0.05, 0.1) is 25.3 Å². The molecule has 0 heterocycles. The highest BCUT2D eigenvalue weighted by Gasteiger charge is 2.12. The van der Waals surface area contributed by atoms with Crippen LogP contribution in [0.4, 0.5) is 5.69 Å². The minimum absolute atomic E-state index is 0.0420. The number of hydrogen-bond acceptors (Lipinski definition) is 4. The first-order valence-corrected chi connectivity index (χ1v) is 8.30. The molecule has 0 spiro atoms. The average molecular weight is 370 g/mol. The molecule has 2 aromatic rings. The molecule has 0 aliphatic heterocycles. The van der Waals surface area contributed by atoms with E-state index in [4.69, 9.17) is 37.4 Å². The van der Waals surface area contributed by atoms with Crippen LogP contribution in [0, 0.1) is 0 Å². The van der Waals surface area contributed by atoms with Crippen LogP contribution in [0.5, 0.6) is 17.2 Å². The first-order valence-electron chi connectivity index (χ1n) is 7.55. The molecule has 0 saturated heterocycles. The minimum Gasteiger partial charge on any atom is -0.495 e. The topological polar surface area (TPSA) is 39.7 Å². The smallest absolute Gasteiger partial charge is 0.163 e. The molecule has 1 N–H and O–H groups in total. The highest BCUT2D eigenvalue weighted by Crippen LogP contribution is 2.34. The zero-order valence-corrected chi connectivity index (χ0v) is 15.7. The van der Waals surface area contributed by atoms with Crippen molar-refractivity contribution in [2.45, 2.75) is 26.5 Å². The molecule has 0 saturated carbocycles. The lowest BCUT2D eigenvalue weighted by Gasteiger charge is -2.16. The summed E-state index contributed by atoms with van der Waals surface area (Å²) in [7, 11) is 3.19. The molecule has 0 radical (unpaired) electrons. The summed E-state index contributed by atoms with van der Waals surface area (Å²) < 4.78 is 16.3. The second-order valence-corrected chi connectivity index (χ2v) is 6.28. The van der Waals surface area contributed by atoms with Crippen molar-refractivity contribution in [2.24, 2.45) is 0 Å². The summed E-state index contributed by atoms with van der Waals surface area (Å²) in [5, 5.41) is 4.44. The largest absolute Gasteiger partial charge is 0.495 e. The second kappa shape index (κ2) is 8.36. The van der Waals surface area contributed by atoms with E-state index >= 15 is 0 Å². The van der Waals surface area contributed by atoms with Crippen molar-refractivity contribution < 1.29 is 14.2 Å². The van der Waals surface area contributed by atoms with Gasteiger partial charge < -0.3 is 19.5 Å². The lowest BCUT2D eigenvalue weighted by molar-refractivity contribution is 0.230. The molecule has 2 aromatic carbocycles. The summed E-state index contributed by atoms with van der Waals surface area (Å²) in [6.07, 6.45) is 0.0420. The van der Waals surface area contributed by atoms with Gasteiger partial charge in [-0.3, -0.25) is 0 Å². The fourth-order valence-corrected chi connectivity index (χ4v) is 2.67. The van der Waals surface area contributed by atoms with Crippen molar-refractivity contribution >= 4 is 28.9 Å². The van der Waals surface area contributed by atoms with E-state index in [1.165, 1.54) is 0 Å². The van der Waals surface area contributed by atoms with Gasteiger partial charge >= 0.3 is 0 Å². The Morgan fingerprint density at radius 2 is 1.62 bits per heavy atom. The van der Waals surface area contributed by atoms with E-state index in [0.29, 0.717) is 33.8 Å². The molecule has 0 atom stereocenters. The molecule has 4 nitrogen and oxygen atoms in total. The van der Waals surface area contributed by atoms with Crippen LogP contribution in [-0.2, 0) is 6.54 Å². The lowest BCUT2D eigenvalue weighted by Crippen LogP contribution is -2.08. The normalized spacial score (nSPS) is 10.6. The van der Waals surface area contributed by atoms with Gasteiger partial charge in [-0.25, -0.2) is 0 Å². The molecule has 0 amide bonds. The fourth-order valence-electron chi connectivity index (χ4n) is 2.19. The van der Waals surface area contributed by atoms with Crippen LogP contribution in [-0.4, -0.2) is 20.3 Å². The molecule has 2 rings (SSSR count). The van der Waals surface area contributed by atoms with Crippen LogP contribution < -0.4 is 19.5 Å². The Kier molecular flexibility index (Phi) is 6.46. The van der Waals surface area contributed by atoms with Gasteiger partial charge in [0.25, 0.3) is 0 Å². The molecule has 0 fully saturated rings. The Morgan fingerprint density at radius 3 is 2.21 bits per heavy atom. The molecular weight excluding hydrogens is 349 g/mol.